The van der Waals surface area contributed by atoms with E-state index < -0.39 is 11.5 Å². The summed E-state index contributed by atoms with van der Waals surface area (Å²) in [6.45, 7) is 4.05. The van der Waals surface area contributed by atoms with E-state index in [9.17, 15) is 10.4 Å². The maximum atomic E-state index is 10.3. The molecule has 1 aromatic heterocycles. The van der Waals surface area contributed by atoms with E-state index in [0.717, 1.165) is 24.3 Å². The fourth-order valence-corrected chi connectivity index (χ4v) is 3.16. The lowest BCUT2D eigenvalue weighted by molar-refractivity contribution is 0.0614. The minimum Gasteiger partial charge on any atom is -0.385 e. The third-order valence-electron chi connectivity index (χ3n) is 3.46. The molecule has 0 amide bonds. The van der Waals surface area contributed by atoms with E-state index in [4.69, 9.17) is 0 Å². The SMILES string of the molecule is Cc1nc(C(O)C2(C#N)CCC(C)C2)cs1. The summed E-state index contributed by atoms with van der Waals surface area (Å²) in [5.74, 6) is 0.522. The number of nitriles is 1. The lowest BCUT2D eigenvalue weighted by Crippen LogP contribution is -2.24. The maximum absolute atomic E-state index is 10.3. The number of rotatable bonds is 2. The van der Waals surface area contributed by atoms with Gasteiger partial charge in [-0.1, -0.05) is 6.92 Å². The van der Waals surface area contributed by atoms with E-state index in [0.29, 0.717) is 11.6 Å². The highest BCUT2D eigenvalue weighted by Crippen LogP contribution is 2.49. The van der Waals surface area contributed by atoms with Crippen LogP contribution in [-0.2, 0) is 0 Å². The van der Waals surface area contributed by atoms with Crippen LogP contribution in [0.1, 0.15) is 43.0 Å². The van der Waals surface area contributed by atoms with Crippen molar-refractivity contribution in [2.75, 3.05) is 0 Å². The second-order valence-corrected chi connectivity index (χ2v) is 5.87. The summed E-state index contributed by atoms with van der Waals surface area (Å²) in [5, 5.41) is 22.5. The van der Waals surface area contributed by atoms with E-state index in [2.05, 4.69) is 18.0 Å². The molecule has 0 aromatic carbocycles. The molecule has 86 valence electrons. The van der Waals surface area contributed by atoms with E-state index in [-0.39, 0.29) is 0 Å². The number of thiazole rings is 1. The standard InChI is InChI=1S/C12H16N2OS/c1-8-3-4-12(5-8,7-13)11(15)10-6-16-9(2)14-10/h6,8,11,15H,3-5H2,1-2H3. The van der Waals surface area contributed by atoms with E-state index in [1.54, 1.807) is 0 Å². The van der Waals surface area contributed by atoms with Gasteiger partial charge in [0.2, 0.25) is 0 Å². The summed E-state index contributed by atoms with van der Waals surface area (Å²) in [6, 6.07) is 2.33. The molecule has 1 fully saturated rings. The topological polar surface area (TPSA) is 56.9 Å². The van der Waals surface area contributed by atoms with Crippen LogP contribution in [0.4, 0.5) is 0 Å². The van der Waals surface area contributed by atoms with Gasteiger partial charge in [-0.15, -0.1) is 11.3 Å². The molecule has 16 heavy (non-hydrogen) atoms. The van der Waals surface area contributed by atoms with Crippen molar-refractivity contribution >= 4 is 11.3 Å². The average Bonchev–Trinajstić information content (AvgIpc) is 2.85. The molecule has 3 atom stereocenters. The van der Waals surface area contributed by atoms with Crippen molar-refractivity contribution in [2.45, 2.75) is 39.2 Å². The Morgan fingerprint density at radius 3 is 2.94 bits per heavy atom. The average molecular weight is 236 g/mol. The van der Waals surface area contributed by atoms with Gasteiger partial charge in [0.25, 0.3) is 0 Å². The minimum atomic E-state index is -0.729. The lowest BCUT2D eigenvalue weighted by atomic mass is 9.80. The van der Waals surface area contributed by atoms with Crippen LogP contribution in [0, 0.1) is 29.6 Å². The normalized spacial score (nSPS) is 31.2. The third kappa shape index (κ3) is 1.85. The molecule has 0 saturated heterocycles. The molecule has 0 radical (unpaired) electrons. The molecule has 0 aliphatic heterocycles. The van der Waals surface area contributed by atoms with Crippen molar-refractivity contribution in [3.63, 3.8) is 0 Å². The predicted molar refractivity (Wildman–Crippen MR) is 62.9 cm³/mol. The van der Waals surface area contributed by atoms with Gasteiger partial charge in [-0.05, 0) is 32.1 Å². The molecule has 1 saturated carbocycles. The number of hydrogen-bond acceptors (Lipinski definition) is 4. The molecule has 3 unspecified atom stereocenters. The molecule has 1 aliphatic carbocycles. The first-order valence-electron chi connectivity index (χ1n) is 5.59. The van der Waals surface area contributed by atoms with Crippen molar-refractivity contribution in [2.24, 2.45) is 11.3 Å². The first kappa shape index (κ1) is 11.6. The lowest BCUT2D eigenvalue weighted by Gasteiger charge is -2.25. The molecular weight excluding hydrogens is 220 g/mol. The largest absolute Gasteiger partial charge is 0.385 e. The highest BCUT2D eigenvalue weighted by atomic mass is 32.1. The minimum absolute atomic E-state index is 0.522. The zero-order valence-electron chi connectivity index (χ0n) is 9.60. The number of aromatic nitrogens is 1. The Bertz CT molecular complexity index is 423. The predicted octanol–water partition coefficient (Wildman–Crippen LogP) is 2.81. The van der Waals surface area contributed by atoms with Gasteiger partial charge in [-0.25, -0.2) is 4.98 Å². The van der Waals surface area contributed by atoms with Crippen LogP contribution >= 0.6 is 11.3 Å². The first-order valence-corrected chi connectivity index (χ1v) is 6.47. The Balaban J connectivity index is 2.26. The summed E-state index contributed by atoms with van der Waals surface area (Å²) >= 11 is 1.52. The molecule has 4 heteroatoms. The van der Waals surface area contributed by atoms with Crippen LogP contribution < -0.4 is 0 Å². The van der Waals surface area contributed by atoms with Gasteiger partial charge in [-0.3, -0.25) is 0 Å². The maximum Gasteiger partial charge on any atom is 0.115 e. The van der Waals surface area contributed by atoms with Crippen LogP contribution in [0.25, 0.3) is 0 Å². The monoisotopic (exact) mass is 236 g/mol. The van der Waals surface area contributed by atoms with Crippen molar-refractivity contribution in [1.29, 1.82) is 5.26 Å². The van der Waals surface area contributed by atoms with Crippen molar-refractivity contribution in [1.82, 2.24) is 4.98 Å². The molecule has 1 N–H and O–H groups in total. The van der Waals surface area contributed by atoms with E-state index in [1.807, 2.05) is 12.3 Å². The smallest absolute Gasteiger partial charge is 0.115 e. The summed E-state index contributed by atoms with van der Waals surface area (Å²) < 4.78 is 0. The van der Waals surface area contributed by atoms with Gasteiger partial charge >= 0.3 is 0 Å². The van der Waals surface area contributed by atoms with E-state index >= 15 is 0 Å². The fourth-order valence-electron chi connectivity index (χ4n) is 2.53. The van der Waals surface area contributed by atoms with Gasteiger partial charge in [0.1, 0.15) is 6.10 Å². The van der Waals surface area contributed by atoms with Crippen LogP contribution in [0.2, 0.25) is 0 Å². The van der Waals surface area contributed by atoms with Crippen LogP contribution in [0.15, 0.2) is 5.38 Å². The second kappa shape index (κ2) is 4.15. The van der Waals surface area contributed by atoms with Gasteiger partial charge in [-0.2, -0.15) is 5.26 Å². The third-order valence-corrected chi connectivity index (χ3v) is 4.25. The number of aryl methyl sites for hydroxylation is 1. The molecule has 1 aliphatic rings. The summed E-state index contributed by atoms with van der Waals surface area (Å²) in [7, 11) is 0. The Morgan fingerprint density at radius 1 is 1.75 bits per heavy atom. The number of aliphatic hydroxyl groups excluding tert-OH is 1. The second-order valence-electron chi connectivity index (χ2n) is 4.81. The fraction of sp³-hybridized carbons (Fsp3) is 0.667. The summed E-state index contributed by atoms with van der Waals surface area (Å²) in [5.41, 5.74) is 0.0538. The van der Waals surface area contributed by atoms with Gasteiger partial charge < -0.3 is 5.11 Å². The summed E-state index contributed by atoms with van der Waals surface area (Å²) in [4.78, 5) is 4.29. The molecule has 0 bridgehead atoms. The summed E-state index contributed by atoms with van der Waals surface area (Å²) in [6.07, 6.45) is 1.85. The Kier molecular flexibility index (Phi) is 3.00. The quantitative estimate of drug-likeness (QED) is 0.859. The molecule has 3 nitrogen and oxygen atoms in total. The van der Waals surface area contributed by atoms with Gasteiger partial charge in [0.15, 0.2) is 0 Å². The molecule has 1 aromatic rings. The highest BCUT2D eigenvalue weighted by molar-refractivity contribution is 7.09. The molecule has 1 heterocycles. The molecular formula is C12H16N2OS. The number of nitrogens with zero attached hydrogens (tertiary/aromatic N) is 2. The van der Waals surface area contributed by atoms with Crippen molar-refractivity contribution < 1.29 is 5.11 Å². The van der Waals surface area contributed by atoms with Crippen molar-refractivity contribution in [3.05, 3.63) is 16.1 Å². The Hall–Kier alpha value is -0.920. The number of hydrogen-bond donors (Lipinski definition) is 1. The number of aliphatic hydroxyl groups is 1. The van der Waals surface area contributed by atoms with Gasteiger partial charge in [0, 0.05) is 5.38 Å². The zero-order valence-corrected chi connectivity index (χ0v) is 10.4. The van der Waals surface area contributed by atoms with Crippen LogP contribution in [-0.4, -0.2) is 10.1 Å². The molecule has 2 rings (SSSR count). The molecule has 0 spiro atoms. The Morgan fingerprint density at radius 2 is 2.50 bits per heavy atom. The first-order chi connectivity index (χ1) is 7.57. The highest BCUT2D eigenvalue weighted by Gasteiger charge is 2.45. The van der Waals surface area contributed by atoms with E-state index in [1.165, 1.54) is 11.3 Å². The van der Waals surface area contributed by atoms with Crippen LogP contribution in [0.5, 0.6) is 0 Å². The zero-order chi connectivity index (χ0) is 11.8. The van der Waals surface area contributed by atoms with Gasteiger partial charge in [0.05, 0.1) is 22.2 Å². The van der Waals surface area contributed by atoms with Crippen molar-refractivity contribution in [3.8, 4) is 6.07 Å². The Labute approximate surface area is 99.8 Å². The van der Waals surface area contributed by atoms with Crippen LogP contribution in [0.3, 0.4) is 0 Å².